The summed E-state index contributed by atoms with van der Waals surface area (Å²) in [5.41, 5.74) is 2.61. The summed E-state index contributed by atoms with van der Waals surface area (Å²) in [6.45, 7) is 4.72. The number of aryl methyl sites for hydroxylation is 3. The van der Waals surface area contributed by atoms with Crippen LogP contribution < -0.4 is 0 Å². The van der Waals surface area contributed by atoms with Crippen molar-refractivity contribution >= 4 is 0 Å². The molecule has 96 valence electrons. The van der Waals surface area contributed by atoms with Gasteiger partial charge in [0, 0.05) is 12.1 Å². The van der Waals surface area contributed by atoms with Crippen LogP contribution in [-0.2, 0) is 25.8 Å². The first-order valence-electron chi connectivity index (χ1n) is 6.64. The summed E-state index contributed by atoms with van der Waals surface area (Å²) in [4.78, 5) is 4.65. The lowest BCUT2D eigenvalue weighted by Crippen LogP contribution is -2.10. The molecule has 0 aromatic carbocycles. The second-order valence-corrected chi connectivity index (χ2v) is 4.79. The molecule has 1 aliphatic carbocycles. The zero-order valence-electron chi connectivity index (χ0n) is 10.9. The van der Waals surface area contributed by atoms with Crippen molar-refractivity contribution in [1.82, 2.24) is 19.7 Å². The van der Waals surface area contributed by atoms with Crippen molar-refractivity contribution in [1.29, 1.82) is 0 Å². The first-order valence-corrected chi connectivity index (χ1v) is 6.64. The molecule has 0 saturated carbocycles. The van der Waals surface area contributed by atoms with E-state index in [9.17, 15) is 0 Å². The molecule has 0 spiro atoms. The van der Waals surface area contributed by atoms with Crippen molar-refractivity contribution in [3.05, 3.63) is 29.0 Å². The Morgan fingerprint density at radius 1 is 1.17 bits per heavy atom. The lowest BCUT2D eigenvalue weighted by molar-refractivity contribution is 0.436. The van der Waals surface area contributed by atoms with Crippen LogP contribution in [0.2, 0.25) is 0 Å². The second-order valence-electron chi connectivity index (χ2n) is 4.79. The van der Waals surface area contributed by atoms with Crippen LogP contribution in [0, 0.1) is 6.92 Å². The van der Waals surface area contributed by atoms with Gasteiger partial charge in [-0.05, 0) is 32.6 Å². The van der Waals surface area contributed by atoms with E-state index in [2.05, 4.69) is 26.7 Å². The van der Waals surface area contributed by atoms with Crippen LogP contribution in [0.15, 0.2) is 4.42 Å². The van der Waals surface area contributed by atoms with Crippen molar-refractivity contribution < 1.29 is 4.42 Å². The van der Waals surface area contributed by atoms with E-state index in [0.717, 1.165) is 25.1 Å². The molecule has 0 amide bonds. The number of fused-ring (bicyclic) bond motifs is 1. The zero-order valence-corrected chi connectivity index (χ0v) is 10.9. The lowest BCUT2D eigenvalue weighted by Gasteiger charge is -2.13. The number of aromatic nitrogens is 4. The molecule has 0 atom stereocenters. The van der Waals surface area contributed by atoms with E-state index in [-0.39, 0.29) is 0 Å². The topological polar surface area (TPSA) is 56.7 Å². The standard InChI is InChI=1S/C13H18N4O/c1-3-12-15-16-13(18-12)8-17-9(2)14-10-6-4-5-7-11(10)17/h3-8H2,1-2H3. The van der Waals surface area contributed by atoms with Crippen molar-refractivity contribution in [2.75, 3.05) is 0 Å². The van der Waals surface area contributed by atoms with Gasteiger partial charge < -0.3 is 8.98 Å². The van der Waals surface area contributed by atoms with Crippen molar-refractivity contribution in [3.63, 3.8) is 0 Å². The highest BCUT2D eigenvalue weighted by molar-refractivity contribution is 5.20. The highest BCUT2D eigenvalue weighted by Crippen LogP contribution is 2.22. The van der Waals surface area contributed by atoms with Gasteiger partial charge in [-0.1, -0.05) is 6.92 Å². The van der Waals surface area contributed by atoms with E-state index in [1.54, 1.807) is 0 Å². The fourth-order valence-corrected chi connectivity index (χ4v) is 2.58. The maximum Gasteiger partial charge on any atom is 0.236 e. The number of rotatable bonds is 3. The van der Waals surface area contributed by atoms with E-state index in [0.29, 0.717) is 18.3 Å². The highest BCUT2D eigenvalue weighted by atomic mass is 16.4. The molecule has 18 heavy (non-hydrogen) atoms. The molecule has 0 unspecified atom stereocenters. The van der Waals surface area contributed by atoms with Crippen LogP contribution >= 0.6 is 0 Å². The summed E-state index contributed by atoms with van der Waals surface area (Å²) in [5.74, 6) is 2.44. The van der Waals surface area contributed by atoms with Crippen molar-refractivity contribution in [2.45, 2.75) is 52.5 Å². The maximum atomic E-state index is 5.58. The number of hydrogen-bond donors (Lipinski definition) is 0. The summed E-state index contributed by atoms with van der Waals surface area (Å²) in [5, 5.41) is 8.09. The van der Waals surface area contributed by atoms with Crippen LogP contribution in [0.4, 0.5) is 0 Å². The largest absolute Gasteiger partial charge is 0.423 e. The minimum absolute atomic E-state index is 0.654. The molecule has 5 heteroatoms. The molecule has 0 N–H and O–H groups in total. The molecule has 3 rings (SSSR count). The Morgan fingerprint density at radius 2 is 1.94 bits per heavy atom. The Morgan fingerprint density at radius 3 is 2.72 bits per heavy atom. The van der Waals surface area contributed by atoms with E-state index >= 15 is 0 Å². The van der Waals surface area contributed by atoms with Crippen LogP contribution in [0.5, 0.6) is 0 Å². The Bertz CT molecular complexity index is 555. The summed E-state index contributed by atoms with van der Waals surface area (Å²) in [6.07, 6.45) is 5.51. The quantitative estimate of drug-likeness (QED) is 0.831. The van der Waals surface area contributed by atoms with Crippen LogP contribution in [0.1, 0.15) is 48.8 Å². The zero-order chi connectivity index (χ0) is 12.5. The molecule has 0 aliphatic heterocycles. The maximum absolute atomic E-state index is 5.58. The normalized spacial score (nSPS) is 14.8. The first-order chi connectivity index (χ1) is 8.78. The Kier molecular flexibility index (Phi) is 2.89. The third-order valence-corrected chi connectivity index (χ3v) is 3.53. The van der Waals surface area contributed by atoms with Gasteiger partial charge in [-0.25, -0.2) is 4.98 Å². The van der Waals surface area contributed by atoms with Gasteiger partial charge in [0.05, 0.1) is 5.69 Å². The SMILES string of the molecule is CCc1nnc(Cn2c(C)nc3c2CCCC3)o1. The average molecular weight is 246 g/mol. The monoisotopic (exact) mass is 246 g/mol. The molecule has 1 aliphatic rings. The van der Waals surface area contributed by atoms with Crippen molar-refractivity contribution in [3.8, 4) is 0 Å². The van der Waals surface area contributed by atoms with Gasteiger partial charge >= 0.3 is 0 Å². The van der Waals surface area contributed by atoms with E-state index < -0.39 is 0 Å². The van der Waals surface area contributed by atoms with Crippen molar-refractivity contribution in [2.24, 2.45) is 0 Å². The first kappa shape index (κ1) is 11.4. The molecule has 0 bridgehead atoms. The lowest BCUT2D eigenvalue weighted by atomic mass is 10.0. The third kappa shape index (κ3) is 1.94. The fraction of sp³-hybridized carbons (Fsp3) is 0.615. The number of hydrogen-bond acceptors (Lipinski definition) is 4. The number of nitrogens with zero attached hydrogens (tertiary/aromatic N) is 4. The Balaban J connectivity index is 1.90. The van der Waals surface area contributed by atoms with Gasteiger partial charge in [-0.3, -0.25) is 0 Å². The predicted molar refractivity (Wildman–Crippen MR) is 66.4 cm³/mol. The Labute approximate surface area is 106 Å². The summed E-state index contributed by atoms with van der Waals surface area (Å²) < 4.78 is 7.80. The molecule has 2 aromatic rings. The Hall–Kier alpha value is -1.65. The van der Waals surface area contributed by atoms with Gasteiger partial charge in [0.25, 0.3) is 0 Å². The molecule has 2 heterocycles. The smallest absolute Gasteiger partial charge is 0.236 e. The second kappa shape index (κ2) is 4.55. The third-order valence-electron chi connectivity index (χ3n) is 3.53. The molecule has 2 aromatic heterocycles. The summed E-state index contributed by atoms with van der Waals surface area (Å²) >= 11 is 0. The van der Waals surface area contributed by atoms with Crippen LogP contribution in [-0.4, -0.2) is 19.7 Å². The summed E-state index contributed by atoms with van der Waals surface area (Å²) in [7, 11) is 0. The van der Waals surface area contributed by atoms with Gasteiger partial charge in [-0.15, -0.1) is 10.2 Å². The minimum atomic E-state index is 0.654. The molecule has 0 saturated heterocycles. The highest BCUT2D eigenvalue weighted by Gasteiger charge is 2.19. The van der Waals surface area contributed by atoms with Gasteiger partial charge in [0.15, 0.2) is 0 Å². The van der Waals surface area contributed by atoms with Gasteiger partial charge in [0.1, 0.15) is 12.4 Å². The molecule has 5 nitrogen and oxygen atoms in total. The number of imidazole rings is 1. The fourth-order valence-electron chi connectivity index (χ4n) is 2.58. The van der Waals surface area contributed by atoms with E-state index in [1.165, 1.54) is 24.2 Å². The summed E-state index contributed by atoms with van der Waals surface area (Å²) in [6, 6.07) is 0. The minimum Gasteiger partial charge on any atom is -0.423 e. The van der Waals surface area contributed by atoms with Crippen LogP contribution in [0.3, 0.4) is 0 Å². The van der Waals surface area contributed by atoms with Crippen LogP contribution in [0.25, 0.3) is 0 Å². The van der Waals surface area contributed by atoms with E-state index in [4.69, 9.17) is 4.42 Å². The molecular formula is C13H18N4O. The van der Waals surface area contributed by atoms with Gasteiger partial charge in [-0.2, -0.15) is 0 Å². The molecule has 0 fully saturated rings. The van der Waals surface area contributed by atoms with E-state index in [1.807, 2.05) is 6.92 Å². The molecule has 0 radical (unpaired) electrons. The predicted octanol–water partition coefficient (Wildman–Crippen LogP) is 2.06. The van der Waals surface area contributed by atoms with Gasteiger partial charge in [0.2, 0.25) is 11.8 Å². The molecular weight excluding hydrogens is 228 g/mol. The average Bonchev–Trinajstić information content (AvgIpc) is 2.96.